The summed E-state index contributed by atoms with van der Waals surface area (Å²) in [4.78, 5) is 16.5. The topological polar surface area (TPSA) is 63.2 Å². The number of piperidine rings is 1. The Hall–Kier alpha value is -2.47. The van der Waals surface area contributed by atoms with Crippen LogP contribution in [-0.4, -0.2) is 23.0 Å². The van der Waals surface area contributed by atoms with E-state index in [1.807, 2.05) is 6.07 Å². The Labute approximate surface area is 158 Å². The smallest absolute Gasteiger partial charge is 0.220 e. The van der Waals surface area contributed by atoms with E-state index in [-0.39, 0.29) is 11.7 Å². The summed E-state index contributed by atoms with van der Waals surface area (Å²) in [6.45, 7) is 0.459. The highest BCUT2D eigenvalue weighted by atomic mass is 19.1. The van der Waals surface area contributed by atoms with Gasteiger partial charge in [-0.3, -0.25) is 4.79 Å². The summed E-state index contributed by atoms with van der Waals surface area (Å²) in [6.07, 6.45) is 7.02. The first kappa shape index (κ1) is 17.9. The minimum Gasteiger partial charge on any atom is -0.439 e. The van der Waals surface area contributed by atoms with Crippen molar-refractivity contribution in [1.29, 1.82) is 0 Å². The first-order valence-electron chi connectivity index (χ1n) is 9.55. The van der Waals surface area contributed by atoms with Crippen LogP contribution in [0.1, 0.15) is 37.7 Å². The summed E-state index contributed by atoms with van der Waals surface area (Å²) < 4.78 is 18.5. The summed E-state index contributed by atoms with van der Waals surface area (Å²) in [5, 5.41) is 6.60. The van der Waals surface area contributed by atoms with E-state index in [1.165, 1.54) is 25.0 Å². The number of hydrogen-bond donors (Lipinski definition) is 2. The molecule has 6 heteroatoms. The molecule has 1 amide bonds. The number of rotatable bonds is 6. The zero-order valence-electron chi connectivity index (χ0n) is 15.2. The lowest BCUT2D eigenvalue weighted by atomic mass is 9.89. The predicted molar refractivity (Wildman–Crippen MR) is 99.8 cm³/mol. The third kappa shape index (κ3) is 4.83. The van der Waals surface area contributed by atoms with Gasteiger partial charge in [0.25, 0.3) is 0 Å². The predicted octanol–water partition coefficient (Wildman–Crippen LogP) is 3.55. The van der Waals surface area contributed by atoms with Gasteiger partial charge in [-0.05, 0) is 61.4 Å². The number of nitrogens with zero attached hydrogens (tertiary/aromatic N) is 1. The molecule has 2 aliphatic heterocycles. The van der Waals surface area contributed by atoms with Crippen molar-refractivity contribution in [3.63, 3.8) is 0 Å². The number of aromatic nitrogens is 1. The number of fused-ring (bicyclic) bond motifs is 2. The van der Waals surface area contributed by atoms with Crippen LogP contribution in [0.2, 0.25) is 0 Å². The standard InChI is InChI=1S/C21H24FN3O2/c22-16-2-6-19(7-3-16)27-21-8-1-14(13-24-21)12-23-20(26)11-15-9-17-4-5-18(10-15)25-17/h1-3,6-8,13,15,17-18,25H,4-5,9-12H2,(H,23,26). The molecular formula is C21H24FN3O2. The quantitative estimate of drug-likeness (QED) is 0.817. The highest BCUT2D eigenvalue weighted by molar-refractivity contribution is 5.76. The minimum atomic E-state index is -0.307. The van der Waals surface area contributed by atoms with Gasteiger partial charge in [0.15, 0.2) is 0 Å². The van der Waals surface area contributed by atoms with Crippen molar-refractivity contribution in [2.45, 2.75) is 50.7 Å². The van der Waals surface area contributed by atoms with Crippen LogP contribution >= 0.6 is 0 Å². The summed E-state index contributed by atoms with van der Waals surface area (Å²) in [6, 6.07) is 10.6. The van der Waals surface area contributed by atoms with E-state index in [4.69, 9.17) is 4.74 Å². The molecule has 0 radical (unpaired) electrons. The van der Waals surface area contributed by atoms with Gasteiger partial charge in [0.2, 0.25) is 11.8 Å². The van der Waals surface area contributed by atoms with Crippen molar-refractivity contribution in [1.82, 2.24) is 15.6 Å². The average Bonchev–Trinajstić information content (AvgIpc) is 3.01. The summed E-state index contributed by atoms with van der Waals surface area (Å²) in [7, 11) is 0. The Balaban J connectivity index is 1.23. The monoisotopic (exact) mass is 369 g/mol. The number of carbonyl (C=O) groups is 1. The van der Waals surface area contributed by atoms with Crippen LogP contribution in [0.15, 0.2) is 42.6 Å². The fraction of sp³-hybridized carbons (Fsp3) is 0.429. The molecule has 0 saturated carbocycles. The maximum Gasteiger partial charge on any atom is 0.220 e. The molecule has 3 heterocycles. The van der Waals surface area contributed by atoms with Gasteiger partial charge in [0.05, 0.1) is 0 Å². The molecule has 27 heavy (non-hydrogen) atoms. The van der Waals surface area contributed by atoms with Crippen molar-refractivity contribution >= 4 is 5.91 Å². The molecule has 0 spiro atoms. The Bertz CT molecular complexity index is 767. The van der Waals surface area contributed by atoms with Crippen LogP contribution in [0, 0.1) is 11.7 Å². The molecule has 1 aromatic heterocycles. The molecule has 2 bridgehead atoms. The summed E-state index contributed by atoms with van der Waals surface area (Å²) >= 11 is 0. The van der Waals surface area contributed by atoms with Crippen LogP contribution in [-0.2, 0) is 11.3 Å². The summed E-state index contributed by atoms with van der Waals surface area (Å²) in [5.41, 5.74) is 0.917. The number of amides is 1. The van der Waals surface area contributed by atoms with Gasteiger partial charge in [0.1, 0.15) is 11.6 Å². The van der Waals surface area contributed by atoms with Gasteiger partial charge < -0.3 is 15.4 Å². The molecule has 2 unspecified atom stereocenters. The lowest BCUT2D eigenvalue weighted by Crippen LogP contribution is -2.39. The molecule has 2 N–H and O–H groups in total. The van der Waals surface area contributed by atoms with Crippen molar-refractivity contribution in [2.75, 3.05) is 0 Å². The Morgan fingerprint density at radius 3 is 2.56 bits per heavy atom. The number of halogens is 1. The molecule has 0 aliphatic carbocycles. The lowest BCUT2D eigenvalue weighted by Gasteiger charge is -2.28. The van der Waals surface area contributed by atoms with Gasteiger partial charge >= 0.3 is 0 Å². The molecule has 2 aliphatic rings. The fourth-order valence-electron chi connectivity index (χ4n) is 4.08. The molecule has 142 valence electrons. The van der Waals surface area contributed by atoms with Crippen LogP contribution in [0.4, 0.5) is 4.39 Å². The zero-order chi connectivity index (χ0) is 18.6. The maximum atomic E-state index is 12.9. The van der Waals surface area contributed by atoms with Gasteiger partial charge in [-0.1, -0.05) is 6.07 Å². The second-order valence-electron chi connectivity index (χ2n) is 7.52. The zero-order valence-corrected chi connectivity index (χ0v) is 15.2. The van der Waals surface area contributed by atoms with Crippen molar-refractivity contribution in [2.24, 2.45) is 5.92 Å². The molecule has 4 rings (SSSR count). The SMILES string of the molecule is O=C(CC1CC2CCC(C1)N2)NCc1ccc(Oc2ccc(F)cc2)nc1. The van der Waals surface area contributed by atoms with E-state index in [0.717, 1.165) is 18.4 Å². The molecule has 1 aromatic carbocycles. The Kier molecular flexibility index (Phi) is 5.34. The molecular weight excluding hydrogens is 345 g/mol. The maximum absolute atomic E-state index is 12.9. The number of hydrogen-bond acceptors (Lipinski definition) is 4. The minimum absolute atomic E-state index is 0.105. The third-order valence-electron chi connectivity index (χ3n) is 5.37. The van der Waals surface area contributed by atoms with Crippen LogP contribution in [0.5, 0.6) is 11.6 Å². The molecule has 5 nitrogen and oxygen atoms in total. The normalized spacial score (nSPS) is 23.8. The second-order valence-corrected chi connectivity index (χ2v) is 7.52. The van der Waals surface area contributed by atoms with E-state index in [0.29, 0.717) is 42.6 Å². The number of ether oxygens (including phenoxy) is 1. The number of pyridine rings is 1. The molecule has 2 aromatic rings. The molecule has 2 saturated heterocycles. The van der Waals surface area contributed by atoms with Gasteiger partial charge in [-0.25, -0.2) is 9.37 Å². The first-order chi connectivity index (χ1) is 13.1. The first-order valence-corrected chi connectivity index (χ1v) is 9.55. The molecule has 2 fully saturated rings. The van der Waals surface area contributed by atoms with Crippen molar-refractivity contribution in [3.8, 4) is 11.6 Å². The van der Waals surface area contributed by atoms with Gasteiger partial charge in [-0.2, -0.15) is 0 Å². The van der Waals surface area contributed by atoms with E-state index in [9.17, 15) is 9.18 Å². The van der Waals surface area contributed by atoms with Crippen LogP contribution in [0.3, 0.4) is 0 Å². The van der Waals surface area contributed by atoms with E-state index >= 15 is 0 Å². The van der Waals surface area contributed by atoms with E-state index in [1.54, 1.807) is 24.4 Å². The average molecular weight is 369 g/mol. The third-order valence-corrected chi connectivity index (χ3v) is 5.37. The Morgan fingerprint density at radius 2 is 1.89 bits per heavy atom. The second kappa shape index (κ2) is 8.05. The summed E-state index contributed by atoms with van der Waals surface area (Å²) in [5.74, 6) is 1.25. The van der Waals surface area contributed by atoms with Gasteiger partial charge in [0, 0.05) is 37.3 Å². The Morgan fingerprint density at radius 1 is 1.15 bits per heavy atom. The lowest BCUT2D eigenvalue weighted by molar-refractivity contribution is -0.122. The number of benzene rings is 1. The highest BCUT2D eigenvalue weighted by Crippen LogP contribution is 2.32. The fourth-order valence-corrected chi connectivity index (χ4v) is 4.08. The van der Waals surface area contributed by atoms with Crippen LogP contribution < -0.4 is 15.4 Å². The highest BCUT2D eigenvalue weighted by Gasteiger charge is 2.34. The molecule has 2 atom stereocenters. The number of nitrogens with one attached hydrogen (secondary N) is 2. The van der Waals surface area contributed by atoms with Crippen LogP contribution in [0.25, 0.3) is 0 Å². The number of carbonyl (C=O) groups excluding carboxylic acids is 1. The van der Waals surface area contributed by atoms with E-state index < -0.39 is 0 Å². The van der Waals surface area contributed by atoms with Gasteiger partial charge in [-0.15, -0.1) is 0 Å². The van der Waals surface area contributed by atoms with Crippen molar-refractivity contribution < 1.29 is 13.9 Å². The largest absolute Gasteiger partial charge is 0.439 e. The van der Waals surface area contributed by atoms with Crippen molar-refractivity contribution in [3.05, 3.63) is 54.0 Å². The van der Waals surface area contributed by atoms with E-state index in [2.05, 4.69) is 15.6 Å².